The van der Waals surface area contributed by atoms with Gasteiger partial charge in [0.25, 0.3) is 0 Å². The van der Waals surface area contributed by atoms with E-state index in [-0.39, 0.29) is 0 Å². The molecule has 0 saturated carbocycles. The molecule has 0 unspecified atom stereocenters. The van der Waals surface area contributed by atoms with Crippen LogP contribution in [0.3, 0.4) is 0 Å². The van der Waals surface area contributed by atoms with Crippen LogP contribution in [-0.4, -0.2) is 17.0 Å². The standard InChI is InChI=1S/C10H7.3C4H9.CH3.Sn/c1-2-6-10-8-4-3-7-9(10)5-1;3*1-3-4-2;;/h1-3,5-8H;3*1,3-4H2,2H3;1H3;/q;;;;;-1. The molecule has 2 aromatic carbocycles. The fraction of sp³-hybridized carbons (Fsp3) is 0.565. The van der Waals surface area contributed by atoms with Gasteiger partial charge in [-0.25, -0.2) is 0 Å². The summed E-state index contributed by atoms with van der Waals surface area (Å²) in [4.78, 5) is 2.80. The molecule has 2 rings (SSSR count). The number of rotatable bonds is 10. The van der Waals surface area contributed by atoms with Crippen molar-refractivity contribution in [1.29, 1.82) is 0 Å². The Morgan fingerprint density at radius 3 is 1.67 bits per heavy atom. The molecule has 134 valence electrons. The quantitative estimate of drug-likeness (QED) is 0.342. The van der Waals surface area contributed by atoms with E-state index in [4.69, 9.17) is 0 Å². The maximum atomic E-state index is 2.80. The van der Waals surface area contributed by atoms with Gasteiger partial charge in [0.2, 0.25) is 0 Å². The van der Waals surface area contributed by atoms with E-state index in [2.05, 4.69) is 68.2 Å². The summed E-state index contributed by atoms with van der Waals surface area (Å²) in [6.07, 6.45) is 8.27. The normalized spacial score (nSPS) is 13.8. The van der Waals surface area contributed by atoms with Gasteiger partial charge in [-0.2, -0.15) is 0 Å². The van der Waals surface area contributed by atoms with E-state index in [9.17, 15) is 0 Å². The van der Waals surface area contributed by atoms with Gasteiger partial charge in [-0.1, -0.05) is 0 Å². The summed E-state index contributed by atoms with van der Waals surface area (Å²) in [7, 11) is 0. The van der Waals surface area contributed by atoms with Crippen molar-refractivity contribution in [3.05, 3.63) is 42.5 Å². The van der Waals surface area contributed by atoms with E-state index in [0.29, 0.717) is 0 Å². The molecular weight excluding hydrogens is 395 g/mol. The zero-order valence-electron chi connectivity index (χ0n) is 16.4. The Balaban J connectivity index is 2.54. The zero-order valence-corrected chi connectivity index (χ0v) is 19.3. The molecule has 0 radical (unpaired) electrons. The van der Waals surface area contributed by atoms with E-state index >= 15 is 0 Å². The summed E-state index contributed by atoms with van der Waals surface area (Å²) in [5.41, 5.74) is 0. The van der Waals surface area contributed by atoms with E-state index in [1.54, 1.807) is 3.58 Å². The average molecular weight is 432 g/mol. The molecular formula is C23H37Sn-. The Kier molecular flexibility index (Phi) is 7.22. The molecule has 0 nitrogen and oxygen atoms in total. The SMILES string of the molecule is CCC[CH2][Sn-]([CH3])([CH2]CCC)([CH2]CCC)[c]1ccc2ccccc2c1. The molecule has 0 aliphatic heterocycles. The van der Waals surface area contributed by atoms with E-state index in [1.807, 2.05) is 0 Å². The third-order valence-electron chi connectivity index (χ3n) is 6.43. The van der Waals surface area contributed by atoms with Crippen LogP contribution < -0.4 is 3.58 Å². The molecule has 0 saturated heterocycles. The fourth-order valence-electron chi connectivity index (χ4n) is 4.56. The number of benzene rings is 2. The van der Waals surface area contributed by atoms with Crippen LogP contribution in [-0.2, 0) is 0 Å². The molecule has 0 amide bonds. The van der Waals surface area contributed by atoms with Crippen molar-refractivity contribution in [2.24, 2.45) is 0 Å². The Morgan fingerprint density at radius 1 is 0.667 bits per heavy atom. The van der Waals surface area contributed by atoms with Crippen LogP contribution in [0.25, 0.3) is 10.8 Å². The van der Waals surface area contributed by atoms with Crippen molar-refractivity contribution in [1.82, 2.24) is 0 Å². The fourth-order valence-corrected chi connectivity index (χ4v) is 24.5. The van der Waals surface area contributed by atoms with Crippen LogP contribution in [0, 0.1) is 0 Å². The molecule has 0 N–H and O–H groups in total. The molecule has 0 aliphatic carbocycles. The van der Waals surface area contributed by atoms with Crippen LogP contribution in [0.15, 0.2) is 42.5 Å². The van der Waals surface area contributed by atoms with Gasteiger partial charge < -0.3 is 0 Å². The second kappa shape index (κ2) is 8.74. The number of hydrogen-bond donors (Lipinski definition) is 0. The van der Waals surface area contributed by atoms with E-state index in [1.165, 1.54) is 62.6 Å². The van der Waals surface area contributed by atoms with Gasteiger partial charge in [0.05, 0.1) is 0 Å². The maximum absolute atomic E-state index is 2.92. The van der Waals surface area contributed by atoms with Gasteiger partial charge in [0.1, 0.15) is 0 Å². The Bertz CT molecular complexity index is 619. The van der Waals surface area contributed by atoms with Crippen molar-refractivity contribution in [3.63, 3.8) is 0 Å². The third-order valence-corrected chi connectivity index (χ3v) is 28.0. The Hall–Kier alpha value is -0.501. The van der Waals surface area contributed by atoms with Crippen molar-refractivity contribution in [3.8, 4) is 0 Å². The molecule has 0 atom stereocenters. The topological polar surface area (TPSA) is 0 Å². The van der Waals surface area contributed by atoms with Gasteiger partial charge in [0.15, 0.2) is 0 Å². The molecule has 0 spiro atoms. The molecule has 0 bridgehead atoms. The van der Waals surface area contributed by atoms with Crippen molar-refractivity contribution < 1.29 is 0 Å². The first-order valence-corrected chi connectivity index (χ1v) is 20.6. The van der Waals surface area contributed by atoms with Crippen molar-refractivity contribution in [2.45, 2.75) is 77.5 Å². The minimum absolute atomic E-state index is 1.34. The van der Waals surface area contributed by atoms with Crippen LogP contribution in [0.1, 0.15) is 59.3 Å². The second-order valence-corrected chi connectivity index (χ2v) is 29.2. The first-order valence-electron chi connectivity index (χ1n) is 10.2. The van der Waals surface area contributed by atoms with Crippen LogP contribution in [0.5, 0.6) is 0 Å². The van der Waals surface area contributed by atoms with Crippen LogP contribution in [0.2, 0.25) is 18.2 Å². The third kappa shape index (κ3) is 4.36. The Morgan fingerprint density at radius 2 is 1.17 bits per heavy atom. The number of unbranched alkanes of at least 4 members (excludes halogenated alkanes) is 3. The monoisotopic (exact) mass is 433 g/mol. The van der Waals surface area contributed by atoms with Crippen LogP contribution >= 0.6 is 0 Å². The first-order chi connectivity index (χ1) is 11.6. The van der Waals surface area contributed by atoms with Gasteiger partial charge >= 0.3 is 151 Å². The summed E-state index contributed by atoms with van der Waals surface area (Å²) >= 11 is -2.92. The summed E-state index contributed by atoms with van der Waals surface area (Å²) in [5.74, 6) is 0. The molecule has 0 fully saturated rings. The Labute approximate surface area is 151 Å². The summed E-state index contributed by atoms with van der Waals surface area (Å²) < 4.78 is 6.35. The summed E-state index contributed by atoms with van der Waals surface area (Å²) in [5, 5.41) is 2.84. The van der Waals surface area contributed by atoms with Gasteiger partial charge in [0, 0.05) is 0 Å². The number of hydrogen-bond acceptors (Lipinski definition) is 0. The van der Waals surface area contributed by atoms with Crippen LogP contribution in [0.4, 0.5) is 0 Å². The van der Waals surface area contributed by atoms with E-state index in [0.717, 1.165) is 0 Å². The van der Waals surface area contributed by atoms with E-state index < -0.39 is 17.0 Å². The molecule has 24 heavy (non-hydrogen) atoms. The average Bonchev–Trinajstić information content (AvgIpc) is 2.63. The van der Waals surface area contributed by atoms with Crippen molar-refractivity contribution in [2.75, 3.05) is 0 Å². The van der Waals surface area contributed by atoms with Gasteiger partial charge in [-0.3, -0.25) is 0 Å². The summed E-state index contributed by atoms with van der Waals surface area (Å²) in [6, 6.07) is 16.4. The predicted molar refractivity (Wildman–Crippen MR) is 114 cm³/mol. The summed E-state index contributed by atoms with van der Waals surface area (Å²) in [6.45, 7) is 7.08. The first kappa shape index (κ1) is 19.8. The van der Waals surface area contributed by atoms with Gasteiger partial charge in [-0.15, -0.1) is 0 Å². The molecule has 1 heteroatoms. The molecule has 0 heterocycles. The molecule has 2 aromatic rings. The molecule has 0 aliphatic rings. The van der Waals surface area contributed by atoms with Gasteiger partial charge in [-0.05, 0) is 0 Å². The number of fused-ring (bicyclic) bond motifs is 1. The molecule has 0 aromatic heterocycles. The minimum atomic E-state index is -2.92. The van der Waals surface area contributed by atoms with Crippen molar-refractivity contribution >= 4 is 31.3 Å². The second-order valence-electron chi connectivity index (χ2n) is 8.46. The zero-order chi connectivity index (χ0) is 17.5. The predicted octanol–water partition coefficient (Wildman–Crippen LogP) is 7.48.